The smallest absolute Gasteiger partial charge is 0.287 e. The number of hydrogen-bond donors (Lipinski definition) is 1. The van der Waals surface area contributed by atoms with Gasteiger partial charge in [0, 0.05) is 52.5 Å². The van der Waals surface area contributed by atoms with Crippen molar-refractivity contribution in [2.45, 2.75) is 78.6 Å². The molecule has 0 aromatic carbocycles. The van der Waals surface area contributed by atoms with Gasteiger partial charge in [-0.2, -0.15) is 0 Å². The van der Waals surface area contributed by atoms with E-state index in [1.807, 2.05) is 20.8 Å². The van der Waals surface area contributed by atoms with Crippen LogP contribution in [0.2, 0.25) is 0 Å². The molecule has 5 heteroatoms. The first-order valence-corrected chi connectivity index (χ1v) is 11.1. The van der Waals surface area contributed by atoms with Gasteiger partial charge in [0.2, 0.25) is 0 Å². The lowest BCUT2D eigenvalue weighted by molar-refractivity contribution is -0.403. The molecule has 0 radical (unpaired) electrons. The largest absolute Gasteiger partial charge is 0.327 e. The Kier molecular flexibility index (Phi) is 13.6. The zero-order valence-electron chi connectivity index (χ0n) is 17.9. The van der Waals surface area contributed by atoms with Gasteiger partial charge in [0.1, 0.15) is 0 Å². The molecule has 0 spiro atoms. The molecule has 0 aromatic rings. The van der Waals surface area contributed by atoms with Crippen LogP contribution in [-0.2, 0) is 14.2 Å². The molecule has 0 aromatic heterocycles. The lowest BCUT2D eigenvalue weighted by Crippen LogP contribution is -2.53. The normalized spacial score (nSPS) is 17.5. The van der Waals surface area contributed by atoms with E-state index in [4.69, 9.17) is 14.2 Å². The molecule has 0 bridgehead atoms. The molecular weight excluding hydrogens is 328 g/mol. The molecule has 1 unspecified atom stereocenters. The highest BCUT2D eigenvalue weighted by molar-refractivity contribution is 4.79. The molecule has 0 amide bonds. The van der Waals surface area contributed by atoms with Crippen LogP contribution in [0.4, 0.5) is 0 Å². The summed E-state index contributed by atoms with van der Waals surface area (Å²) in [6.45, 7) is 15.5. The van der Waals surface area contributed by atoms with Crippen LogP contribution in [0.25, 0.3) is 0 Å². The van der Waals surface area contributed by atoms with Crippen LogP contribution in [0, 0.1) is 5.92 Å². The van der Waals surface area contributed by atoms with E-state index in [2.05, 4.69) is 17.1 Å². The molecular formula is C21H44N2O3. The lowest BCUT2D eigenvalue weighted by atomic mass is 9.96. The molecule has 5 nitrogen and oxygen atoms in total. The van der Waals surface area contributed by atoms with Crippen LogP contribution < -0.4 is 5.32 Å². The Hall–Kier alpha value is -0.200. The maximum Gasteiger partial charge on any atom is 0.287 e. The Labute approximate surface area is 162 Å². The number of piperazine rings is 1. The summed E-state index contributed by atoms with van der Waals surface area (Å²) in [7, 11) is 0. The van der Waals surface area contributed by atoms with E-state index in [1.165, 1.54) is 38.5 Å². The summed E-state index contributed by atoms with van der Waals surface area (Å²) in [6, 6.07) is 0. The molecule has 0 saturated carbocycles. The van der Waals surface area contributed by atoms with E-state index in [9.17, 15) is 0 Å². The summed E-state index contributed by atoms with van der Waals surface area (Å²) in [5.74, 6) is -0.654. The van der Waals surface area contributed by atoms with Gasteiger partial charge in [-0.1, -0.05) is 45.4 Å². The first-order valence-electron chi connectivity index (χ1n) is 11.1. The molecule has 0 aliphatic carbocycles. The Balaban J connectivity index is 2.72. The van der Waals surface area contributed by atoms with Crippen LogP contribution >= 0.6 is 0 Å². The molecule has 1 aliphatic rings. The van der Waals surface area contributed by atoms with Crippen molar-refractivity contribution in [2.75, 3.05) is 52.5 Å². The minimum Gasteiger partial charge on any atom is -0.327 e. The number of rotatable bonds is 16. The Morgan fingerprint density at radius 2 is 1.35 bits per heavy atom. The third-order valence-corrected chi connectivity index (χ3v) is 5.13. The van der Waals surface area contributed by atoms with Crippen LogP contribution in [0.5, 0.6) is 0 Å². The second kappa shape index (κ2) is 14.8. The number of ether oxygens (including phenoxy) is 3. The van der Waals surface area contributed by atoms with E-state index < -0.39 is 5.97 Å². The van der Waals surface area contributed by atoms with Crippen LogP contribution in [0.15, 0.2) is 0 Å². The molecule has 26 heavy (non-hydrogen) atoms. The van der Waals surface area contributed by atoms with Crippen molar-refractivity contribution < 1.29 is 14.2 Å². The fourth-order valence-corrected chi connectivity index (χ4v) is 3.84. The third kappa shape index (κ3) is 8.66. The standard InChI is InChI=1S/C21H44N2O3/c1-5-9-10-11-12-13-14-20(19-23-17-15-22-16-18-23)21(24-6-2,25-7-3)26-8-4/h20,22H,5-19H2,1-4H3. The van der Waals surface area contributed by atoms with E-state index in [-0.39, 0.29) is 5.92 Å². The first kappa shape index (κ1) is 23.8. The summed E-state index contributed by atoms with van der Waals surface area (Å²) in [6.07, 6.45) is 8.94. The predicted octanol–water partition coefficient (Wildman–Crippen LogP) is 4.02. The van der Waals surface area contributed by atoms with Gasteiger partial charge in [0.25, 0.3) is 5.97 Å². The van der Waals surface area contributed by atoms with E-state index in [0.717, 1.165) is 39.1 Å². The van der Waals surface area contributed by atoms with Gasteiger partial charge in [0.05, 0.1) is 5.92 Å². The van der Waals surface area contributed by atoms with Crippen molar-refractivity contribution in [3.8, 4) is 0 Å². The highest BCUT2D eigenvalue weighted by atomic mass is 16.9. The Morgan fingerprint density at radius 1 is 0.808 bits per heavy atom. The van der Waals surface area contributed by atoms with E-state index in [1.54, 1.807) is 0 Å². The van der Waals surface area contributed by atoms with Gasteiger partial charge in [-0.05, 0) is 27.2 Å². The monoisotopic (exact) mass is 372 g/mol. The number of hydrogen-bond acceptors (Lipinski definition) is 5. The molecule has 1 atom stereocenters. The van der Waals surface area contributed by atoms with E-state index >= 15 is 0 Å². The van der Waals surface area contributed by atoms with Crippen LogP contribution in [0.1, 0.15) is 72.6 Å². The first-order chi connectivity index (χ1) is 12.7. The number of unbranched alkanes of at least 4 members (excludes halogenated alkanes) is 5. The second-order valence-electron chi connectivity index (χ2n) is 7.21. The van der Waals surface area contributed by atoms with Crippen molar-refractivity contribution in [1.29, 1.82) is 0 Å². The van der Waals surface area contributed by atoms with Crippen LogP contribution in [-0.4, -0.2) is 63.4 Å². The van der Waals surface area contributed by atoms with Gasteiger partial charge in [0.15, 0.2) is 0 Å². The summed E-state index contributed by atoms with van der Waals surface area (Å²) in [5.41, 5.74) is 0. The number of nitrogens with one attached hydrogen (secondary N) is 1. The van der Waals surface area contributed by atoms with Crippen molar-refractivity contribution in [3.05, 3.63) is 0 Å². The van der Waals surface area contributed by atoms with Gasteiger partial charge < -0.3 is 24.4 Å². The zero-order chi connectivity index (χ0) is 19.1. The highest BCUT2D eigenvalue weighted by Crippen LogP contribution is 2.31. The Morgan fingerprint density at radius 3 is 1.88 bits per heavy atom. The van der Waals surface area contributed by atoms with Crippen molar-refractivity contribution in [2.24, 2.45) is 5.92 Å². The quantitative estimate of drug-likeness (QED) is 0.327. The van der Waals surface area contributed by atoms with Crippen molar-refractivity contribution >= 4 is 0 Å². The van der Waals surface area contributed by atoms with Gasteiger partial charge in [-0.15, -0.1) is 0 Å². The van der Waals surface area contributed by atoms with Crippen molar-refractivity contribution in [1.82, 2.24) is 10.2 Å². The summed E-state index contributed by atoms with van der Waals surface area (Å²) >= 11 is 0. The Bertz CT molecular complexity index is 305. The molecule has 1 heterocycles. The molecule has 1 saturated heterocycles. The maximum atomic E-state index is 6.12. The summed E-state index contributed by atoms with van der Waals surface area (Å²) in [4.78, 5) is 2.53. The molecule has 1 aliphatic heterocycles. The fourth-order valence-electron chi connectivity index (χ4n) is 3.84. The fraction of sp³-hybridized carbons (Fsp3) is 1.00. The molecule has 1 rings (SSSR count). The average Bonchev–Trinajstić information content (AvgIpc) is 2.65. The summed E-state index contributed by atoms with van der Waals surface area (Å²) < 4.78 is 18.4. The molecule has 1 fully saturated rings. The second-order valence-corrected chi connectivity index (χ2v) is 7.21. The number of nitrogens with zero attached hydrogens (tertiary/aromatic N) is 1. The molecule has 1 N–H and O–H groups in total. The predicted molar refractivity (Wildman–Crippen MR) is 108 cm³/mol. The SMILES string of the molecule is CCCCCCCCC(CN1CCNCC1)C(OCC)(OCC)OCC. The minimum absolute atomic E-state index is 0.242. The van der Waals surface area contributed by atoms with Crippen LogP contribution in [0.3, 0.4) is 0 Å². The van der Waals surface area contributed by atoms with Gasteiger partial charge >= 0.3 is 0 Å². The summed E-state index contributed by atoms with van der Waals surface area (Å²) in [5, 5.41) is 3.44. The minimum atomic E-state index is -0.896. The van der Waals surface area contributed by atoms with E-state index in [0.29, 0.717) is 19.8 Å². The topological polar surface area (TPSA) is 43.0 Å². The average molecular weight is 373 g/mol. The highest BCUT2D eigenvalue weighted by Gasteiger charge is 2.42. The maximum absolute atomic E-state index is 6.12. The molecule has 156 valence electrons. The van der Waals surface area contributed by atoms with Crippen molar-refractivity contribution in [3.63, 3.8) is 0 Å². The van der Waals surface area contributed by atoms with Gasteiger partial charge in [-0.25, -0.2) is 0 Å². The zero-order valence-corrected chi connectivity index (χ0v) is 17.9. The lowest BCUT2D eigenvalue weighted by Gasteiger charge is -2.42. The third-order valence-electron chi connectivity index (χ3n) is 5.13. The van der Waals surface area contributed by atoms with Gasteiger partial charge in [-0.3, -0.25) is 0 Å².